The molecule has 4 aromatic rings. The van der Waals surface area contributed by atoms with Gasteiger partial charge in [0.1, 0.15) is 11.6 Å². The Hall–Kier alpha value is -3.55. The van der Waals surface area contributed by atoms with Crippen molar-refractivity contribution in [1.29, 1.82) is 0 Å². The van der Waals surface area contributed by atoms with Crippen LogP contribution in [0.4, 0.5) is 0 Å². The maximum Gasteiger partial charge on any atom is 0.256 e. The molecule has 0 aliphatic carbocycles. The van der Waals surface area contributed by atoms with Gasteiger partial charge >= 0.3 is 0 Å². The minimum atomic E-state index is -0.225. The number of carbonyl (C=O) groups is 1. The van der Waals surface area contributed by atoms with E-state index in [1.165, 1.54) is 0 Å². The number of rotatable bonds is 3. The van der Waals surface area contributed by atoms with Crippen molar-refractivity contribution in [3.05, 3.63) is 60.4 Å². The highest BCUT2D eigenvalue weighted by Crippen LogP contribution is 2.33. The summed E-state index contributed by atoms with van der Waals surface area (Å²) in [7, 11) is 1.88. The predicted molar refractivity (Wildman–Crippen MR) is 101 cm³/mol. The van der Waals surface area contributed by atoms with E-state index in [1.807, 2.05) is 41.9 Å². The largest absolute Gasteiger partial charge is 0.337 e. The van der Waals surface area contributed by atoms with E-state index in [4.69, 9.17) is 4.52 Å². The molecule has 0 bridgehead atoms. The van der Waals surface area contributed by atoms with Crippen molar-refractivity contribution in [2.45, 2.75) is 18.9 Å². The monoisotopic (exact) mass is 374 g/mol. The lowest BCUT2D eigenvalue weighted by molar-refractivity contribution is 0.0710. The number of pyridine rings is 1. The van der Waals surface area contributed by atoms with Crippen molar-refractivity contribution in [3.63, 3.8) is 0 Å². The van der Waals surface area contributed by atoms with Gasteiger partial charge in [0.25, 0.3) is 5.91 Å². The lowest BCUT2D eigenvalue weighted by atomic mass is 10.2. The number of aromatic nitrogens is 5. The molecule has 1 aliphatic heterocycles. The van der Waals surface area contributed by atoms with Crippen molar-refractivity contribution >= 4 is 17.1 Å². The number of imidazole rings is 1. The highest BCUT2D eigenvalue weighted by molar-refractivity contribution is 5.96. The number of carbonyl (C=O) groups excluding carboxylic acids is 1. The van der Waals surface area contributed by atoms with Crippen LogP contribution < -0.4 is 0 Å². The van der Waals surface area contributed by atoms with Gasteiger partial charge in [-0.15, -0.1) is 0 Å². The number of fused-ring (bicyclic) bond motifs is 1. The topological polar surface area (TPSA) is 89.9 Å². The van der Waals surface area contributed by atoms with E-state index in [0.29, 0.717) is 29.3 Å². The van der Waals surface area contributed by atoms with Crippen LogP contribution in [0.5, 0.6) is 0 Å². The number of benzene rings is 1. The number of nitrogens with zero attached hydrogens (tertiary/aromatic N) is 6. The highest BCUT2D eigenvalue weighted by Gasteiger charge is 2.35. The molecule has 1 fully saturated rings. The van der Waals surface area contributed by atoms with Gasteiger partial charge in [0.05, 0.1) is 11.9 Å². The summed E-state index contributed by atoms with van der Waals surface area (Å²) in [6, 6.07) is 11.2. The van der Waals surface area contributed by atoms with Gasteiger partial charge in [-0.25, -0.2) is 9.97 Å². The summed E-state index contributed by atoms with van der Waals surface area (Å²) in [4.78, 5) is 28.1. The Labute approximate surface area is 160 Å². The normalized spacial score (nSPS) is 16.8. The van der Waals surface area contributed by atoms with Crippen LogP contribution in [0, 0.1) is 0 Å². The fourth-order valence-corrected chi connectivity index (χ4v) is 3.64. The Bertz CT molecular complexity index is 1150. The molecule has 1 saturated heterocycles. The first-order chi connectivity index (χ1) is 13.7. The average Bonchev–Trinajstić information content (AvgIpc) is 3.47. The van der Waals surface area contributed by atoms with E-state index in [0.717, 1.165) is 24.1 Å². The summed E-state index contributed by atoms with van der Waals surface area (Å²) in [5.74, 6) is 0.907. The second-order valence-electron chi connectivity index (χ2n) is 6.90. The summed E-state index contributed by atoms with van der Waals surface area (Å²) >= 11 is 0. The molecule has 28 heavy (non-hydrogen) atoms. The van der Waals surface area contributed by atoms with Crippen molar-refractivity contribution in [2.24, 2.45) is 7.05 Å². The van der Waals surface area contributed by atoms with Crippen LogP contribution in [0.3, 0.4) is 0 Å². The van der Waals surface area contributed by atoms with Gasteiger partial charge in [-0.3, -0.25) is 4.79 Å². The maximum atomic E-state index is 13.1. The van der Waals surface area contributed by atoms with Crippen LogP contribution in [-0.2, 0) is 7.05 Å². The van der Waals surface area contributed by atoms with Crippen molar-refractivity contribution in [2.75, 3.05) is 6.54 Å². The van der Waals surface area contributed by atoms with Crippen molar-refractivity contribution in [1.82, 2.24) is 29.6 Å². The number of hydrogen-bond donors (Lipinski definition) is 0. The molecule has 8 heteroatoms. The second kappa shape index (κ2) is 6.56. The molecule has 4 heterocycles. The third-order valence-corrected chi connectivity index (χ3v) is 5.07. The molecule has 0 radical (unpaired) electrons. The first-order valence-electron chi connectivity index (χ1n) is 9.18. The number of hydrogen-bond acceptors (Lipinski definition) is 6. The minimum Gasteiger partial charge on any atom is -0.337 e. The Morgan fingerprint density at radius 1 is 1.21 bits per heavy atom. The fraction of sp³-hybridized carbons (Fsp3) is 0.250. The first kappa shape index (κ1) is 16.6. The molecule has 0 spiro atoms. The van der Waals surface area contributed by atoms with E-state index >= 15 is 0 Å². The molecule has 3 aromatic heterocycles. The van der Waals surface area contributed by atoms with Gasteiger partial charge < -0.3 is 14.0 Å². The van der Waals surface area contributed by atoms with Gasteiger partial charge in [-0.2, -0.15) is 4.98 Å². The first-order valence-corrected chi connectivity index (χ1v) is 9.18. The lowest BCUT2D eigenvalue weighted by Crippen LogP contribution is -2.30. The second-order valence-corrected chi connectivity index (χ2v) is 6.90. The average molecular weight is 374 g/mol. The summed E-state index contributed by atoms with van der Waals surface area (Å²) in [5, 5.41) is 4.09. The molecule has 1 amide bonds. The number of likely N-dealkylation sites (tertiary alicyclic amines) is 1. The smallest absolute Gasteiger partial charge is 0.256 e. The third kappa shape index (κ3) is 2.74. The lowest BCUT2D eigenvalue weighted by Gasteiger charge is -2.21. The molecule has 1 aromatic carbocycles. The Kier molecular flexibility index (Phi) is 3.89. The van der Waals surface area contributed by atoms with E-state index in [9.17, 15) is 4.79 Å². The molecule has 140 valence electrons. The van der Waals surface area contributed by atoms with E-state index < -0.39 is 0 Å². The van der Waals surface area contributed by atoms with Gasteiger partial charge in [0, 0.05) is 25.4 Å². The Balaban J connectivity index is 1.43. The Morgan fingerprint density at radius 2 is 2.07 bits per heavy atom. The van der Waals surface area contributed by atoms with E-state index in [2.05, 4.69) is 20.1 Å². The van der Waals surface area contributed by atoms with Crippen LogP contribution in [0.15, 0.2) is 53.4 Å². The molecule has 0 unspecified atom stereocenters. The molecule has 0 saturated carbocycles. The van der Waals surface area contributed by atoms with Crippen molar-refractivity contribution < 1.29 is 9.32 Å². The van der Waals surface area contributed by atoms with Gasteiger partial charge in [0.2, 0.25) is 11.7 Å². The third-order valence-electron chi connectivity index (χ3n) is 5.07. The summed E-state index contributed by atoms with van der Waals surface area (Å²) in [5.41, 5.74) is 2.85. The summed E-state index contributed by atoms with van der Waals surface area (Å²) in [6.45, 7) is 0.646. The fourth-order valence-electron chi connectivity index (χ4n) is 3.64. The molecular weight excluding hydrogens is 356 g/mol. The van der Waals surface area contributed by atoms with Crippen LogP contribution in [-0.4, -0.2) is 42.0 Å². The quantitative estimate of drug-likeness (QED) is 0.548. The van der Waals surface area contributed by atoms with Crippen LogP contribution in [0.2, 0.25) is 0 Å². The van der Waals surface area contributed by atoms with Crippen LogP contribution in [0.25, 0.3) is 22.6 Å². The number of aryl methyl sites for hydroxylation is 1. The standard InChI is InChI=1S/C20H18N6O2/c1-25-12-22-15-10-14(11-21-18(15)25)20(27)26-9-5-8-16(26)19-23-17(24-28-19)13-6-3-2-4-7-13/h2-4,6-7,10-12,16H,5,8-9H2,1H3/t16-/m0/s1. The van der Waals surface area contributed by atoms with Crippen LogP contribution >= 0.6 is 0 Å². The zero-order valence-corrected chi connectivity index (χ0v) is 15.3. The van der Waals surface area contributed by atoms with Gasteiger partial charge in [-0.1, -0.05) is 35.5 Å². The van der Waals surface area contributed by atoms with E-state index in [1.54, 1.807) is 23.5 Å². The molecule has 1 atom stereocenters. The summed E-state index contributed by atoms with van der Waals surface area (Å²) in [6.07, 6.45) is 4.97. The molecule has 5 rings (SSSR count). The maximum absolute atomic E-state index is 13.1. The van der Waals surface area contributed by atoms with Crippen molar-refractivity contribution in [3.8, 4) is 11.4 Å². The molecule has 1 aliphatic rings. The highest BCUT2D eigenvalue weighted by atomic mass is 16.5. The number of amides is 1. The van der Waals surface area contributed by atoms with Gasteiger partial charge in [0.15, 0.2) is 5.65 Å². The zero-order chi connectivity index (χ0) is 19.1. The summed E-state index contributed by atoms with van der Waals surface area (Å²) < 4.78 is 7.33. The van der Waals surface area contributed by atoms with E-state index in [-0.39, 0.29) is 11.9 Å². The Morgan fingerprint density at radius 3 is 2.93 bits per heavy atom. The van der Waals surface area contributed by atoms with Crippen LogP contribution in [0.1, 0.15) is 35.1 Å². The predicted octanol–water partition coefficient (Wildman–Crippen LogP) is 3.00. The zero-order valence-electron chi connectivity index (χ0n) is 15.3. The molecule has 8 nitrogen and oxygen atoms in total. The molecular formula is C20H18N6O2. The molecule has 0 N–H and O–H groups in total. The minimum absolute atomic E-state index is 0.0954. The van der Waals surface area contributed by atoms with Gasteiger partial charge in [-0.05, 0) is 18.9 Å². The SMILES string of the molecule is Cn1cnc2cc(C(=O)N3CCC[C@H]3c3nc(-c4ccccc4)no3)cnc21.